The number of fused-ring (bicyclic) bond motifs is 1. The summed E-state index contributed by atoms with van der Waals surface area (Å²) in [5.41, 5.74) is -0.536. The maximum Gasteiger partial charge on any atom is 0.506 e. The average molecular weight is 232 g/mol. The van der Waals surface area contributed by atoms with Crippen molar-refractivity contribution in [2.75, 3.05) is 13.1 Å². The Labute approximate surface area is 94.7 Å². The van der Waals surface area contributed by atoms with Crippen molar-refractivity contribution >= 4 is 6.98 Å². The Morgan fingerprint density at radius 3 is 2.56 bits per heavy atom. The van der Waals surface area contributed by atoms with Gasteiger partial charge in [-0.25, -0.2) is 0 Å². The van der Waals surface area contributed by atoms with Gasteiger partial charge in [0.2, 0.25) is 0 Å². The van der Waals surface area contributed by atoms with Gasteiger partial charge in [0.15, 0.2) is 0 Å². The van der Waals surface area contributed by atoms with E-state index in [9.17, 15) is 12.9 Å². The third-order valence-corrected chi connectivity index (χ3v) is 3.99. The zero-order valence-corrected chi connectivity index (χ0v) is 9.47. The van der Waals surface area contributed by atoms with Crippen LogP contribution in [0.15, 0.2) is 12.1 Å². The van der Waals surface area contributed by atoms with Crippen LogP contribution in [0.25, 0.3) is 0 Å². The predicted molar refractivity (Wildman–Crippen MR) is 60.2 cm³/mol. The van der Waals surface area contributed by atoms with Crippen LogP contribution in [0.2, 0.25) is 0 Å². The number of rotatable bonds is 3. The van der Waals surface area contributed by atoms with Gasteiger partial charge in [0, 0.05) is 6.04 Å². The lowest BCUT2D eigenvalue weighted by atomic mass is 9.79. The Hall–Kier alpha value is -0.445. The van der Waals surface area contributed by atoms with Gasteiger partial charge < -0.3 is 12.9 Å². The summed E-state index contributed by atoms with van der Waals surface area (Å²) in [5, 5.41) is 0. The van der Waals surface area contributed by atoms with E-state index in [1.165, 1.54) is 19.3 Å². The van der Waals surface area contributed by atoms with Crippen molar-refractivity contribution in [3.05, 3.63) is 12.1 Å². The Bertz CT molecular complexity index is 277. The number of halogens is 3. The van der Waals surface area contributed by atoms with E-state index in [2.05, 4.69) is 6.58 Å². The van der Waals surface area contributed by atoms with Crippen LogP contribution in [0, 0.1) is 5.92 Å². The zero-order chi connectivity index (χ0) is 11.8. The number of nitrogens with zero attached hydrogens (tertiary/aromatic N) is 1. The topological polar surface area (TPSA) is 3.24 Å². The van der Waals surface area contributed by atoms with Gasteiger partial charge in [0.1, 0.15) is 0 Å². The summed E-state index contributed by atoms with van der Waals surface area (Å²) in [6.07, 6.45) is 5.76. The van der Waals surface area contributed by atoms with Crippen LogP contribution < -0.4 is 0 Å². The van der Waals surface area contributed by atoms with Crippen molar-refractivity contribution in [3.63, 3.8) is 0 Å². The fourth-order valence-electron chi connectivity index (χ4n) is 3.06. The summed E-state index contributed by atoms with van der Waals surface area (Å²) in [4.78, 5) is 2.00. The molecule has 5 heteroatoms. The van der Waals surface area contributed by atoms with Gasteiger partial charge in [-0.05, 0) is 38.3 Å². The molecule has 1 aliphatic heterocycles. The minimum absolute atomic E-state index is 0.0324. The molecule has 0 amide bonds. The predicted octanol–water partition coefficient (Wildman–Crippen LogP) is 3.19. The smallest absolute Gasteiger partial charge is 0.445 e. The Morgan fingerprint density at radius 1 is 1.19 bits per heavy atom. The summed E-state index contributed by atoms with van der Waals surface area (Å²) in [5.74, 6) is 0.641. The number of hydrogen-bond donors (Lipinski definition) is 0. The highest BCUT2D eigenvalue weighted by molar-refractivity contribution is 6.66. The third kappa shape index (κ3) is 2.45. The highest BCUT2D eigenvalue weighted by Gasteiger charge is 2.37. The average Bonchev–Trinajstić information content (AvgIpc) is 2.61. The number of likely N-dealkylation sites (tertiary alicyclic amines) is 1. The Balaban J connectivity index is 1.93. The maximum absolute atomic E-state index is 12.5. The first-order valence-electron chi connectivity index (χ1n) is 6.10. The van der Waals surface area contributed by atoms with Crippen LogP contribution in [0.4, 0.5) is 12.9 Å². The zero-order valence-electron chi connectivity index (χ0n) is 9.47. The number of hydrogen-bond acceptors (Lipinski definition) is 1. The molecular weight excluding hydrogens is 214 g/mol. The van der Waals surface area contributed by atoms with E-state index in [1.54, 1.807) is 0 Å². The highest BCUT2D eigenvalue weighted by atomic mass is 19.4. The van der Waals surface area contributed by atoms with E-state index in [0.717, 1.165) is 19.4 Å². The molecule has 0 spiro atoms. The lowest BCUT2D eigenvalue weighted by Crippen LogP contribution is -2.39. The van der Waals surface area contributed by atoms with Crippen LogP contribution in [0.3, 0.4) is 0 Å². The molecule has 1 aliphatic carbocycles. The van der Waals surface area contributed by atoms with Crippen molar-refractivity contribution in [1.82, 2.24) is 4.90 Å². The van der Waals surface area contributed by atoms with Gasteiger partial charge in [-0.3, -0.25) is 4.90 Å². The van der Waals surface area contributed by atoms with Crippen LogP contribution in [-0.4, -0.2) is 31.0 Å². The van der Waals surface area contributed by atoms with E-state index in [-0.39, 0.29) is 6.54 Å². The van der Waals surface area contributed by atoms with Gasteiger partial charge in [-0.15, -0.1) is 12.1 Å². The molecule has 2 rings (SSSR count). The van der Waals surface area contributed by atoms with Crippen molar-refractivity contribution in [3.8, 4) is 0 Å². The minimum Gasteiger partial charge on any atom is -0.445 e. The molecule has 0 radical (unpaired) electrons. The fraction of sp³-hybridized carbons (Fsp3) is 0.818. The summed E-state index contributed by atoms with van der Waals surface area (Å²) < 4.78 is 37.4. The molecule has 92 valence electrons. The van der Waals surface area contributed by atoms with Gasteiger partial charge >= 0.3 is 6.98 Å². The van der Waals surface area contributed by atoms with Crippen molar-refractivity contribution in [2.24, 2.45) is 5.92 Å². The van der Waals surface area contributed by atoms with Gasteiger partial charge in [-0.1, -0.05) is 12.8 Å². The molecule has 2 aliphatic rings. The molecule has 2 fully saturated rings. The molecule has 1 heterocycles. The molecule has 0 N–H and O–H groups in total. The second-order valence-corrected chi connectivity index (χ2v) is 5.10. The lowest BCUT2D eigenvalue weighted by Gasteiger charge is -2.33. The quantitative estimate of drug-likeness (QED) is 0.675. The van der Waals surface area contributed by atoms with Crippen molar-refractivity contribution in [1.29, 1.82) is 0 Å². The van der Waals surface area contributed by atoms with Crippen LogP contribution >= 0.6 is 0 Å². The highest BCUT2D eigenvalue weighted by Crippen LogP contribution is 2.37. The molecule has 2 atom stereocenters. The lowest BCUT2D eigenvalue weighted by molar-refractivity contribution is 0.195. The van der Waals surface area contributed by atoms with E-state index < -0.39 is 12.4 Å². The molecule has 0 bridgehead atoms. The molecule has 0 aromatic rings. The molecular formula is C11H18BF3N-. The second-order valence-electron chi connectivity index (χ2n) is 5.10. The van der Waals surface area contributed by atoms with Gasteiger partial charge in [0.05, 0.1) is 0 Å². The Morgan fingerprint density at radius 2 is 1.88 bits per heavy atom. The van der Waals surface area contributed by atoms with E-state index in [4.69, 9.17) is 0 Å². The molecule has 0 aromatic heterocycles. The molecule has 1 nitrogen and oxygen atoms in total. The fourth-order valence-corrected chi connectivity index (χ4v) is 3.06. The summed E-state index contributed by atoms with van der Waals surface area (Å²) in [6, 6.07) is 0.392. The minimum atomic E-state index is -4.86. The van der Waals surface area contributed by atoms with Crippen molar-refractivity contribution < 1.29 is 12.9 Å². The summed E-state index contributed by atoms with van der Waals surface area (Å²) in [7, 11) is 0. The van der Waals surface area contributed by atoms with E-state index in [0.29, 0.717) is 12.0 Å². The van der Waals surface area contributed by atoms with Gasteiger partial charge in [0.25, 0.3) is 0 Å². The first-order chi connectivity index (χ1) is 7.48. The van der Waals surface area contributed by atoms with Gasteiger partial charge in [-0.2, -0.15) is 0 Å². The Kier molecular flexibility index (Phi) is 3.33. The van der Waals surface area contributed by atoms with E-state index in [1.807, 2.05) is 4.90 Å². The third-order valence-electron chi connectivity index (χ3n) is 3.99. The summed E-state index contributed by atoms with van der Waals surface area (Å²) >= 11 is 0. The second kappa shape index (κ2) is 4.44. The van der Waals surface area contributed by atoms with Crippen LogP contribution in [0.5, 0.6) is 0 Å². The van der Waals surface area contributed by atoms with E-state index >= 15 is 0 Å². The summed E-state index contributed by atoms with van der Waals surface area (Å²) in [6.45, 7) is -0.815. The SMILES string of the molecule is C=C(CN1CCC2CCCCC21)[B-](F)(F)F. The van der Waals surface area contributed by atoms with Crippen molar-refractivity contribution in [2.45, 2.75) is 38.1 Å². The first kappa shape index (κ1) is 12.0. The maximum atomic E-state index is 12.5. The van der Waals surface area contributed by atoms with Crippen LogP contribution in [0.1, 0.15) is 32.1 Å². The monoisotopic (exact) mass is 232 g/mol. The molecule has 2 unspecified atom stereocenters. The standard InChI is InChI=1S/C11H18BF3N/c1-9(12(13,14)15)8-16-7-6-10-4-2-3-5-11(10)16/h10-11H,1-8H2/q-1. The molecule has 16 heavy (non-hydrogen) atoms. The molecule has 1 saturated carbocycles. The first-order valence-corrected chi connectivity index (χ1v) is 6.10. The van der Waals surface area contributed by atoms with Crippen LogP contribution in [-0.2, 0) is 0 Å². The molecule has 0 aromatic carbocycles. The largest absolute Gasteiger partial charge is 0.506 e. The molecule has 1 saturated heterocycles. The normalized spacial score (nSPS) is 31.4.